The molecule has 0 saturated heterocycles. The standard InChI is InChI=1S/C21H34O4/c1-20-8-7-13(23)9-12(20)3-4-14-15-5-6-16(18(25)11-22)21(15,2)10-17(24)19(14)20/h12-17,19,22-24H,3-11H2,1-2H3/t12-,13+,14+,15+,16+,17-,19-,20-,21-/m0/s1. The number of hydrogen-bond acceptors (Lipinski definition) is 4. The van der Waals surface area contributed by atoms with E-state index in [1.165, 1.54) is 0 Å². The quantitative estimate of drug-likeness (QED) is 0.715. The summed E-state index contributed by atoms with van der Waals surface area (Å²) in [4.78, 5) is 12.3. The Hall–Kier alpha value is -0.450. The highest BCUT2D eigenvalue weighted by Gasteiger charge is 2.63. The molecular weight excluding hydrogens is 316 g/mol. The van der Waals surface area contributed by atoms with E-state index >= 15 is 0 Å². The van der Waals surface area contributed by atoms with Crippen LogP contribution in [0.4, 0.5) is 0 Å². The Morgan fingerprint density at radius 3 is 2.52 bits per heavy atom. The molecule has 9 atom stereocenters. The van der Waals surface area contributed by atoms with Crippen LogP contribution in [0.3, 0.4) is 0 Å². The number of hydrogen-bond donors (Lipinski definition) is 3. The van der Waals surface area contributed by atoms with Gasteiger partial charge in [0, 0.05) is 5.92 Å². The predicted molar refractivity (Wildman–Crippen MR) is 94.7 cm³/mol. The van der Waals surface area contributed by atoms with Crippen molar-refractivity contribution in [3.05, 3.63) is 0 Å². The fraction of sp³-hybridized carbons (Fsp3) is 0.952. The van der Waals surface area contributed by atoms with E-state index in [4.69, 9.17) is 0 Å². The molecular formula is C21H34O4. The molecule has 4 aliphatic carbocycles. The average molecular weight is 350 g/mol. The second-order valence-electron chi connectivity index (χ2n) is 10.0. The number of Topliss-reactive ketones (excluding diaryl/α,β-unsaturated/α-hetero) is 1. The summed E-state index contributed by atoms with van der Waals surface area (Å²) in [5, 5.41) is 30.7. The zero-order valence-corrected chi connectivity index (χ0v) is 15.7. The molecule has 4 aliphatic rings. The van der Waals surface area contributed by atoms with Crippen LogP contribution >= 0.6 is 0 Å². The van der Waals surface area contributed by atoms with E-state index in [1.54, 1.807) is 0 Å². The Morgan fingerprint density at radius 2 is 1.80 bits per heavy atom. The molecule has 4 nitrogen and oxygen atoms in total. The van der Waals surface area contributed by atoms with Crippen LogP contribution < -0.4 is 0 Å². The SMILES string of the molecule is C[C@]12CC[C@@H](O)C[C@@H]1CC[C@H]1[C@H]2[C@@H](O)C[C@]2(C)[C@@H](C(=O)CO)CC[C@H]12. The van der Waals surface area contributed by atoms with Crippen molar-refractivity contribution in [1.29, 1.82) is 0 Å². The average Bonchev–Trinajstić information content (AvgIpc) is 2.91. The Kier molecular flexibility index (Phi) is 4.33. The lowest BCUT2D eigenvalue weighted by molar-refractivity contribution is -0.179. The van der Waals surface area contributed by atoms with E-state index < -0.39 is 0 Å². The topological polar surface area (TPSA) is 77.8 Å². The molecule has 0 aliphatic heterocycles. The lowest BCUT2D eigenvalue weighted by atomic mass is 9.44. The van der Waals surface area contributed by atoms with E-state index in [0.717, 1.165) is 44.9 Å². The fourth-order valence-corrected chi connectivity index (χ4v) is 8.00. The Balaban J connectivity index is 1.65. The number of carbonyl (C=O) groups excluding carboxylic acids is 1. The highest BCUT2D eigenvalue weighted by molar-refractivity contribution is 5.83. The third-order valence-corrected chi connectivity index (χ3v) is 9.11. The van der Waals surface area contributed by atoms with Crippen LogP contribution in [0.2, 0.25) is 0 Å². The van der Waals surface area contributed by atoms with Crippen molar-refractivity contribution in [2.75, 3.05) is 6.61 Å². The second kappa shape index (κ2) is 6.03. The third-order valence-electron chi connectivity index (χ3n) is 9.11. The molecule has 4 fully saturated rings. The molecule has 0 amide bonds. The van der Waals surface area contributed by atoms with Gasteiger partial charge in [-0.3, -0.25) is 4.79 Å². The van der Waals surface area contributed by atoms with Crippen LogP contribution in [0.1, 0.15) is 65.2 Å². The van der Waals surface area contributed by atoms with Gasteiger partial charge in [-0.1, -0.05) is 13.8 Å². The fourth-order valence-electron chi connectivity index (χ4n) is 8.00. The minimum absolute atomic E-state index is 0.0312. The van der Waals surface area contributed by atoms with Crippen LogP contribution in [0.15, 0.2) is 0 Å². The van der Waals surface area contributed by atoms with Crippen molar-refractivity contribution in [3.8, 4) is 0 Å². The summed E-state index contributed by atoms with van der Waals surface area (Å²) in [7, 11) is 0. The minimum atomic E-state index is -0.366. The van der Waals surface area contributed by atoms with E-state index in [9.17, 15) is 20.1 Å². The molecule has 0 spiro atoms. The molecule has 0 radical (unpaired) electrons. The predicted octanol–water partition coefficient (Wildman–Crippen LogP) is 2.54. The molecule has 0 aromatic rings. The molecule has 4 heteroatoms. The maximum Gasteiger partial charge on any atom is 0.161 e. The molecule has 0 heterocycles. The van der Waals surface area contributed by atoms with E-state index in [2.05, 4.69) is 13.8 Å². The monoisotopic (exact) mass is 350 g/mol. The van der Waals surface area contributed by atoms with Crippen molar-refractivity contribution in [3.63, 3.8) is 0 Å². The zero-order valence-electron chi connectivity index (χ0n) is 15.7. The van der Waals surface area contributed by atoms with Crippen molar-refractivity contribution in [1.82, 2.24) is 0 Å². The van der Waals surface area contributed by atoms with Gasteiger partial charge in [0.05, 0.1) is 12.2 Å². The summed E-state index contributed by atoms with van der Waals surface area (Å²) in [6.07, 6.45) is 7.12. The van der Waals surface area contributed by atoms with Crippen molar-refractivity contribution in [2.45, 2.75) is 77.4 Å². The molecule has 0 aromatic carbocycles. The van der Waals surface area contributed by atoms with Gasteiger partial charge in [0.15, 0.2) is 5.78 Å². The number of aliphatic hydroxyl groups excluding tert-OH is 3. The summed E-state index contributed by atoms with van der Waals surface area (Å²) < 4.78 is 0. The van der Waals surface area contributed by atoms with Crippen LogP contribution in [-0.4, -0.2) is 39.9 Å². The molecule has 142 valence electrons. The Labute approximate surface area is 151 Å². The largest absolute Gasteiger partial charge is 0.393 e. The molecule has 3 N–H and O–H groups in total. The van der Waals surface area contributed by atoms with Crippen molar-refractivity contribution < 1.29 is 20.1 Å². The summed E-state index contributed by atoms with van der Waals surface area (Å²) in [5.41, 5.74) is -0.0280. The summed E-state index contributed by atoms with van der Waals surface area (Å²) in [6, 6.07) is 0. The van der Waals surface area contributed by atoms with Crippen LogP contribution in [0.5, 0.6) is 0 Å². The lowest BCUT2D eigenvalue weighted by Gasteiger charge is -2.62. The second-order valence-corrected chi connectivity index (χ2v) is 10.0. The minimum Gasteiger partial charge on any atom is -0.393 e. The van der Waals surface area contributed by atoms with Gasteiger partial charge in [-0.15, -0.1) is 0 Å². The van der Waals surface area contributed by atoms with Gasteiger partial charge >= 0.3 is 0 Å². The van der Waals surface area contributed by atoms with Gasteiger partial charge in [-0.25, -0.2) is 0 Å². The Bertz CT molecular complexity index is 548. The number of ketones is 1. The molecule has 0 aromatic heterocycles. The molecule has 25 heavy (non-hydrogen) atoms. The lowest BCUT2D eigenvalue weighted by Crippen LogP contribution is -2.59. The van der Waals surface area contributed by atoms with Crippen molar-refractivity contribution >= 4 is 5.78 Å². The number of rotatable bonds is 2. The summed E-state index contributed by atoms with van der Waals surface area (Å²) in [5.74, 6) is 1.69. The first-order valence-electron chi connectivity index (χ1n) is 10.3. The first kappa shape index (κ1) is 17.9. The van der Waals surface area contributed by atoms with Gasteiger partial charge in [-0.2, -0.15) is 0 Å². The summed E-state index contributed by atoms with van der Waals surface area (Å²) >= 11 is 0. The summed E-state index contributed by atoms with van der Waals surface area (Å²) in [6.45, 7) is 4.19. The molecule has 4 rings (SSSR count). The smallest absolute Gasteiger partial charge is 0.161 e. The van der Waals surface area contributed by atoms with Gasteiger partial charge in [0.25, 0.3) is 0 Å². The first-order valence-corrected chi connectivity index (χ1v) is 10.3. The number of carbonyl (C=O) groups is 1. The van der Waals surface area contributed by atoms with Crippen molar-refractivity contribution in [2.24, 2.45) is 40.4 Å². The first-order chi connectivity index (χ1) is 11.8. The highest BCUT2D eigenvalue weighted by Crippen LogP contribution is 2.67. The molecule has 0 bridgehead atoms. The highest BCUT2D eigenvalue weighted by atomic mass is 16.3. The Morgan fingerprint density at radius 1 is 1.04 bits per heavy atom. The third kappa shape index (κ3) is 2.47. The van der Waals surface area contributed by atoms with E-state index in [1.807, 2.05) is 0 Å². The number of fused-ring (bicyclic) bond motifs is 5. The normalized spacial score (nSPS) is 55.2. The molecule has 4 saturated carbocycles. The number of aliphatic hydroxyl groups is 3. The maximum atomic E-state index is 12.3. The van der Waals surface area contributed by atoms with Crippen LogP contribution in [-0.2, 0) is 4.79 Å². The van der Waals surface area contributed by atoms with Gasteiger partial charge in [0.1, 0.15) is 6.61 Å². The van der Waals surface area contributed by atoms with E-state index in [0.29, 0.717) is 30.1 Å². The van der Waals surface area contributed by atoms with Gasteiger partial charge < -0.3 is 15.3 Å². The maximum absolute atomic E-state index is 12.3. The van der Waals surface area contributed by atoms with E-state index in [-0.39, 0.29) is 41.3 Å². The zero-order chi connectivity index (χ0) is 18.0. The van der Waals surface area contributed by atoms with Gasteiger partial charge in [0.2, 0.25) is 0 Å². The molecule has 0 unspecified atom stereocenters. The van der Waals surface area contributed by atoms with Gasteiger partial charge in [-0.05, 0) is 85.9 Å². The van der Waals surface area contributed by atoms with Crippen LogP contribution in [0, 0.1) is 40.4 Å². The van der Waals surface area contributed by atoms with Crippen LogP contribution in [0.25, 0.3) is 0 Å².